The molecule has 0 aliphatic heterocycles. The van der Waals surface area contributed by atoms with Crippen molar-refractivity contribution in [3.05, 3.63) is 66.2 Å². The monoisotopic (exact) mass is 353 g/mol. The van der Waals surface area contributed by atoms with E-state index in [1.54, 1.807) is 66.4 Å². The molecule has 0 radical (unpaired) electrons. The Kier molecular flexibility index (Phi) is 5.56. The third-order valence-corrected chi connectivity index (χ3v) is 5.83. The van der Waals surface area contributed by atoms with E-state index in [0.717, 1.165) is 4.90 Å². The number of rotatable bonds is 6. The molecule has 2 aromatic rings. The van der Waals surface area contributed by atoms with E-state index >= 15 is 0 Å². The molecule has 0 N–H and O–H groups in total. The maximum atomic E-state index is 12.9. The molecule has 0 saturated carbocycles. The van der Waals surface area contributed by atoms with Crippen molar-refractivity contribution >= 4 is 39.1 Å². The number of benzene rings is 2. The van der Waals surface area contributed by atoms with Crippen LogP contribution in [0.1, 0.15) is 0 Å². The average Bonchev–Trinajstić information content (AvgIpc) is 2.52. The van der Waals surface area contributed by atoms with Gasteiger partial charge >= 0.3 is 0 Å². The largest absolute Gasteiger partial charge is 0.264 e. The van der Waals surface area contributed by atoms with E-state index in [2.05, 4.69) is 6.58 Å². The molecule has 0 atom stereocenters. The Bertz CT molecular complexity index is 758. The second kappa shape index (κ2) is 7.22. The standard InChI is InChI=1S/C16H16ClNO2S2/c1-3-11-18(14-6-4-5-13(17)12-14)22(19,20)16-9-7-15(21-2)8-10-16/h3-10,12H,1,11H2,2H3. The fourth-order valence-corrected chi connectivity index (χ4v) is 3.99. The lowest BCUT2D eigenvalue weighted by Gasteiger charge is -2.23. The minimum absolute atomic E-state index is 0.174. The van der Waals surface area contributed by atoms with Gasteiger partial charge in [0, 0.05) is 9.92 Å². The minimum atomic E-state index is -3.66. The molecule has 0 aliphatic rings. The van der Waals surface area contributed by atoms with E-state index in [-0.39, 0.29) is 11.4 Å². The highest BCUT2D eigenvalue weighted by atomic mass is 35.5. The third kappa shape index (κ3) is 3.66. The van der Waals surface area contributed by atoms with E-state index < -0.39 is 10.0 Å². The molecule has 3 nitrogen and oxygen atoms in total. The minimum Gasteiger partial charge on any atom is -0.262 e. The summed E-state index contributed by atoms with van der Waals surface area (Å²) in [5.74, 6) is 0. The SMILES string of the molecule is C=CCN(c1cccc(Cl)c1)S(=O)(=O)c1ccc(SC)cc1. The summed E-state index contributed by atoms with van der Waals surface area (Å²) in [5, 5.41) is 0.486. The summed E-state index contributed by atoms with van der Waals surface area (Å²) in [4.78, 5) is 1.25. The van der Waals surface area contributed by atoms with Gasteiger partial charge in [0.2, 0.25) is 0 Å². The Hall–Kier alpha value is -1.43. The summed E-state index contributed by atoms with van der Waals surface area (Å²) >= 11 is 7.54. The van der Waals surface area contributed by atoms with E-state index in [1.165, 1.54) is 4.31 Å². The molecule has 0 heterocycles. The van der Waals surface area contributed by atoms with E-state index in [4.69, 9.17) is 11.6 Å². The molecule has 6 heteroatoms. The van der Waals surface area contributed by atoms with Gasteiger partial charge in [-0.2, -0.15) is 0 Å². The summed E-state index contributed by atoms with van der Waals surface area (Å²) in [6.45, 7) is 3.81. The highest BCUT2D eigenvalue weighted by Gasteiger charge is 2.24. The number of hydrogen-bond donors (Lipinski definition) is 0. The summed E-state index contributed by atoms with van der Waals surface area (Å²) in [7, 11) is -3.66. The van der Waals surface area contributed by atoms with Crippen LogP contribution >= 0.6 is 23.4 Å². The van der Waals surface area contributed by atoms with Crippen LogP contribution in [0.25, 0.3) is 0 Å². The zero-order valence-electron chi connectivity index (χ0n) is 12.1. The van der Waals surface area contributed by atoms with Gasteiger partial charge in [-0.3, -0.25) is 4.31 Å². The van der Waals surface area contributed by atoms with Gasteiger partial charge in [-0.1, -0.05) is 23.7 Å². The fourth-order valence-electron chi connectivity index (χ4n) is 1.97. The molecule has 0 aliphatic carbocycles. The second-order valence-corrected chi connectivity index (χ2v) is 7.66. The van der Waals surface area contributed by atoms with Crippen molar-refractivity contribution in [3.8, 4) is 0 Å². The predicted octanol–water partition coefficient (Wildman–Crippen LogP) is 4.44. The van der Waals surface area contributed by atoms with Crippen molar-refractivity contribution in [1.29, 1.82) is 0 Å². The Labute approximate surface area is 140 Å². The van der Waals surface area contributed by atoms with Crippen LogP contribution in [0.4, 0.5) is 5.69 Å². The Morgan fingerprint density at radius 2 is 1.91 bits per heavy atom. The molecule has 0 unspecified atom stereocenters. The highest BCUT2D eigenvalue weighted by Crippen LogP contribution is 2.27. The molecule has 2 rings (SSSR count). The molecule has 0 saturated heterocycles. The number of anilines is 1. The van der Waals surface area contributed by atoms with Crippen molar-refractivity contribution in [2.45, 2.75) is 9.79 Å². The van der Waals surface area contributed by atoms with Crippen LogP contribution in [0, 0.1) is 0 Å². The molecule has 0 amide bonds. The van der Waals surface area contributed by atoms with Gasteiger partial charge in [-0.25, -0.2) is 8.42 Å². The van der Waals surface area contributed by atoms with E-state index in [9.17, 15) is 8.42 Å². The second-order valence-electron chi connectivity index (χ2n) is 4.48. The number of hydrogen-bond acceptors (Lipinski definition) is 3. The molecule has 22 heavy (non-hydrogen) atoms. The number of sulfonamides is 1. The van der Waals surface area contributed by atoms with Gasteiger partial charge in [-0.05, 0) is 48.7 Å². The molecule has 0 spiro atoms. The van der Waals surface area contributed by atoms with E-state index in [1.807, 2.05) is 6.26 Å². The summed E-state index contributed by atoms with van der Waals surface area (Å²) in [6.07, 6.45) is 3.49. The normalized spacial score (nSPS) is 11.2. The lowest BCUT2D eigenvalue weighted by atomic mass is 10.3. The zero-order chi connectivity index (χ0) is 16.2. The fraction of sp³-hybridized carbons (Fsp3) is 0.125. The molecule has 0 aromatic heterocycles. The van der Waals surface area contributed by atoms with Crippen molar-refractivity contribution in [2.24, 2.45) is 0 Å². The van der Waals surface area contributed by atoms with Gasteiger partial charge in [0.25, 0.3) is 10.0 Å². The molecular weight excluding hydrogens is 338 g/mol. The lowest BCUT2D eigenvalue weighted by Crippen LogP contribution is -2.31. The first kappa shape index (κ1) is 16.9. The van der Waals surface area contributed by atoms with E-state index in [0.29, 0.717) is 10.7 Å². The summed E-state index contributed by atoms with van der Waals surface area (Å²) < 4.78 is 27.0. The summed E-state index contributed by atoms with van der Waals surface area (Å²) in [6, 6.07) is 13.6. The van der Waals surface area contributed by atoms with Gasteiger partial charge in [-0.15, -0.1) is 18.3 Å². The first-order valence-electron chi connectivity index (χ1n) is 6.52. The van der Waals surface area contributed by atoms with Crippen LogP contribution in [0.3, 0.4) is 0 Å². The van der Waals surface area contributed by atoms with Crippen LogP contribution in [-0.4, -0.2) is 21.2 Å². The van der Waals surface area contributed by atoms with Crippen LogP contribution in [-0.2, 0) is 10.0 Å². The molecule has 0 fully saturated rings. The zero-order valence-corrected chi connectivity index (χ0v) is 14.5. The van der Waals surface area contributed by atoms with Gasteiger partial charge < -0.3 is 0 Å². The van der Waals surface area contributed by atoms with Gasteiger partial charge in [0.15, 0.2) is 0 Å². The Morgan fingerprint density at radius 3 is 2.45 bits per heavy atom. The molecule has 2 aromatic carbocycles. The maximum absolute atomic E-state index is 12.9. The van der Waals surface area contributed by atoms with Crippen molar-refractivity contribution in [2.75, 3.05) is 17.1 Å². The van der Waals surface area contributed by atoms with Crippen molar-refractivity contribution < 1.29 is 8.42 Å². The number of nitrogens with zero attached hydrogens (tertiary/aromatic N) is 1. The first-order chi connectivity index (χ1) is 10.5. The van der Waals surface area contributed by atoms with Crippen LogP contribution in [0.2, 0.25) is 5.02 Å². The lowest BCUT2D eigenvalue weighted by molar-refractivity contribution is 0.593. The summed E-state index contributed by atoms with van der Waals surface area (Å²) in [5.41, 5.74) is 0.515. The highest BCUT2D eigenvalue weighted by molar-refractivity contribution is 7.98. The van der Waals surface area contributed by atoms with Crippen molar-refractivity contribution in [3.63, 3.8) is 0 Å². The number of halogens is 1. The van der Waals surface area contributed by atoms with Crippen LogP contribution in [0.15, 0.2) is 71.0 Å². The topological polar surface area (TPSA) is 37.4 Å². The van der Waals surface area contributed by atoms with Crippen molar-refractivity contribution in [1.82, 2.24) is 0 Å². The first-order valence-corrected chi connectivity index (χ1v) is 9.56. The van der Waals surface area contributed by atoms with Crippen LogP contribution < -0.4 is 4.31 Å². The van der Waals surface area contributed by atoms with Crippen LogP contribution in [0.5, 0.6) is 0 Å². The number of thioether (sulfide) groups is 1. The smallest absolute Gasteiger partial charge is 0.262 e. The maximum Gasteiger partial charge on any atom is 0.264 e. The third-order valence-electron chi connectivity index (χ3n) is 3.04. The predicted molar refractivity (Wildman–Crippen MR) is 94.4 cm³/mol. The Balaban J connectivity index is 2.47. The quantitative estimate of drug-likeness (QED) is 0.569. The molecule has 0 bridgehead atoms. The van der Waals surface area contributed by atoms with Gasteiger partial charge in [0.05, 0.1) is 17.1 Å². The Morgan fingerprint density at radius 1 is 1.23 bits per heavy atom. The van der Waals surface area contributed by atoms with Gasteiger partial charge in [0.1, 0.15) is 0 Å². The molecular formula is C16H16ClNO2S2. The molecule has 116 valence electrons. The average molecular weight is 354 g/mol.